The fourth-order valence-corrected chi connectivity index (χ4v) is 2.98. The standard InChI is InChI=1S/C16H18N2O4/c1-18(2)10-5-3-9(4-6-10)17-15(19)13-11-7-8-12(22-11)14(13)16(20)21/h3-8,11-14H,1-2H3,(H,17,19)(H,20,21)/t11-,12+,13-,14+/m1/s1. The van der Waals surface area contributed by atoms with E-state index in [4.69, 9.17) is 4.74 Å². The number of carbonyl (C=O) groups excluding carboxylic acids is 1. The van der Waals surface area contributed by atoms with Gasteiger partial charge in [0, 0.05) is 25.5 Å². The second kappa shape index (κ2) is 5.46. The highest BCUT2D eigenvalue weighted by Gasteiger charge is 2.53. The minimum absolute atomic E-state index is 0.318. The molecule has 2 bridgehead atoms. The van der Waals surface area contributed by atoms with E-state index in [1.165, 1.54) is 0 Å². The van der Waals surface area contributed by atoms with E-state index in [0.29, 0.717) is 5.69 Å². The maximum absolute atomic E-state index is 12.4. The summed E-state index contributed by atoms with van der Waals surface area (Å²) in [6.07, 6.45) is 2.53. The molecule has 116 valence electrons. The van der Waals surface area contributed by atoms with Gasteiger partial charge in [0.15, 0.2) is 0 Å². The summed E-state index contributed by atoms with van der Waals surface area (Å²) in [6, 6.07) is 7.38. The van der Waals surface area contributed by atoms with Crippen LogP contribution in [-0.2, 0) is 14.3 Å². The van der Waals surface area contributed by atoms with E-state index < -0.39 is 30.0 Å². The lowest BCUT2D eigenvalue weighted by molar-refractivity contribution is -0.145. The lowest BCUT2D eigenvalue weighted by Crippen LogP contribution is -2.39. The molecule has 2 aliphatic rings. The summed E-state index contributed by atoms with van der Waals surface area (Å²) in [5.41, 5.74) is 1.67. The first-order chi connectivity index (χ1) is 10.5. The molecular weight excluding hydrogens is 284 g/mol. The van der Waals surface area contributed by atoms with E-state index in [2.05, 4.69) is 5.32 Å². The van der Waals surface area contributed by atoms with Gasteiger partial charge in [0.05, 0.1) is 18.1 Å². The molecule has 0 aromatic heterocycles. The molecule has 1 saturated heterocycles. The Hall–Kier alpha value is -2.34. The van der Waals surface area contributed by atoms with Crippen molar-refractivity contribution in [2.24, 2.45) is 11.8 Å². The van der Waals surface area contributed by atoms with Crippen LogP contribution in [0.25, 0.3) is 0 Å². The van der Waals surface area contributed by atoms with Crippen molar-refractivity contribution in [3.05, 3.63) is 36.4 Å². The molecule has 1 amide bonds. The van der Waals surface area contributed by atoms with Gasteiger partial charge in [-0.25, -0.2) is 0 Å². The van der Waals surface area contributed by atoms with Crippen LogP contribution in [0.15, 0.2) is 36.4 Å². The molecule has 1 fully saturated rings. The molecule has 1 aromatic carbocycles. The van der Waals surface area contributed by atoms with Crippen LogP contribution in [0, 0.1) is 11.8 Å². The molecular formula is C16H18N2O4. The van der Waals surface area contributed by atoms with Crippen molar-refractivity contribution in [3.8, 4) is 0 Å². The monoisotopic (exact) mass is 302 g/mol. The average molecular weight is 302 g/mol. The smallest absolute Gasteiger partial charge is 0.310 e. The highest BCUT2D eigenvalue weighted by Crippen LogP contribution is 2.39. The SMILES string of the molecule is CN(C)c1ccc(NC(=O)[C@H]2[C@@H](C(=O)O)[C@@H]3C=C[C@H]2O3)cc1. The van der Waals surface area contributed by atoms with Gasteiger partial charge in [0.2, 0.25) is 5.91 Å². The molecule has 0 aliphatic carbocycles. The Morgan fingerprint density at radius 3 is 2.23 bits per heavy atom. The third kappa shape index (κ3) is 2.46. The number of carbonyl (C=O) groups is 2. The van der Waals surface area contributed by atoms with E-state index >= 15 is 0 Å². The molecule has 3 rings (SSSR count). The van der Waals surface area contributed by atoms with Crippen LogP contribution in [0.4, 0.5) is 11.4 Å². The Bertz CT molecular complexity index is 624. The van der Waals surface area contributed by atoms with Gasteiger partial charge < -0.3 is 20.1 Å². The van der Waals surface area contributed by atoms with Crippen molar-refractivity contribution in [1.82, 2.24) is 0 Å². The van der Waals surface area contributed by atoms with Crippen LogP contribution < -0.4 is 10.2 Å². The van der Waals surface area contributed by atoms with Gasteiger partial charge in [-0.05, 0) is 24.3 Å². The number of ether oxygens (including phenoxy) is 1. The van der Waals surface area contributed by atoms with Crippen LogP contribution in [0.5, 0.6) is 0 Å². The molecule has 22 heavy (non-hydrogen) atoms. The Labute approximate surface area is 128 Å². The normalized spacial score (nSPS) is 28.6. The summed E-state index contributed by atoms with van der Waals surface area (Å²) < 4.78 is 5.51. The van der Waals surface area contributed by atoms with Gasteiger partial charge in [-0.1, -0.05) is 12.2 Å². The third-order valence-electron chi connectivity index (χ3n) is 4.14. The van der Waals surface area contributed by atoms with E-state index in [0.717, 1.165) is 5.69 Å². The minimum Gasteiger partial charge on any atom is -0.481 e. The number of nitrogens with one attached hydrogen (secondary N) is 1. The molecule has 2 heterocycles. The average Bonchev–Trinajstić information content (AvgIpc) is 3.08. The first kappa shape index (κ1) is 14.6. The number of hydrogen-bond acceptors (Lipinski definition) is 4. The van der Waals surface area contributed by atoms with Crippen LogP contribution >= 0.6 is 0 Å². The molecule has 2 aliphatic heterocycles. The number of fused-ring (bicyclic) bond motifs is 2. The molecule has 2 N–H and O–H groups in total. The zero-order valence-electron chi connectivity index (χ0n) is 12.4. The van der Waals surface area contributed by atoms with Crippen LogP contribution in [0.3, 0.4) is 0 Å². The third-order valence-corrected chi connectivity index (χ3v) is 4.14. The van der Waals surface area contributed by atoms with E-state index in [9.17, 15) is 14.7 Å². The zero-order chi connectivity index (χ0) is 15.9. The molecule has 1 aromatic rings. The maximum atomic E-state index is 12.4. The number of amides is 1. The summed E-state index contributed by atoms with van der Waals surface area (Å²) in [5.74, 6) is -2.83. The van der Waals surface area contributed by atoms with Crippen molar-refractivity contribution in [1.29, 1.82) is 0 Å². The maximum Gasteiger partial charge on any atom is 0.310 e. The van der Waals surface area contributed by atoms with Gasteiger partial charge in [0.25, 0.3) is 0 Å². The Morgan fingerprint density at radius 2 is 1.68 bits per heavy atom. The van der Waals surface area contributed by atoms with Gasteiger partial charge in [-0.2, -0.15) is 0 Å². The Kier molecular flexibility index (Phi) is 3.62. The number of hydrogen-bond donors (Lipinski definition) is 2. The Balaban J connectivity index is 1.74. The molecule has 4 atom stereocenters. The summed E-state index contributed by atoms with van der Waals surface area (Å²) in [6.45, 7) is 0. The summed E-state index contributed by atoms with van der Waals surface area (Å²) in [7, 11) is 3.87. The summed E-state index contributed by atoms with van der Waals surface area (Å²) >= 11 is 0. The quantitative estimate of drug-likeness (QED) is 0.821. The fourth-order valence-electron chi connectivity index (χ4n) is 2.98. The first-order valence-electron chi connectivity index (χ1n) is 7.12. The number of carboxylic acid groups (broad SMARTS) is 1. The number of carboxylic acids is 1. The predicted molar refractivity (Wildman–Crippen MR) is 81.8 cm³/mol. The number of aliphatic carboxylic acids is 1. The van der Waals surface area contributed by atoms with Gasteiger partial charge >= 0.3 is 5.97 Å². The topological polar surface area (TPSA) is 78.9 Å². The van der Waals surface area contributed by atoms with Crippen molar-refractivity contribution < 1.29 is 19.4 Å². The second-order valence-corrected chi connectivity index (χ2v) is 5.77. The van der Waals surface area contributed by atoms with Crippen LogP contribution in [0.2, 0.25) is 0 Å². The van der Waals surface area contributed by atoms with Crippen LogP contribution in [-0.4, -0.2) is 43.3 Å². The fraction of sp³-hybridized carbons (Fsp3) is 0.375. The molecule has 0 unspecified atom stereocenters. The van der Waals surface area contributed by atoms with Crippen molar-refractivity contribution >= 4 is 23.3 Å². The predicted octanol–water partition coefficient (Wildman–Crippen LogP) is 1.35. The summed E-state index contributed by atoms with van der Waals surface area (Å²) in [5, 5.41) is 12.1. The Morgan fingerprint density at radius 1 is 1.09 bits per heavy atom. The second-order valence-electron chi connectivity index (χ2n) is 5.77. The minimum atomic E-state index is -1.00. The largest absolute Gasteiger partial charge is 0.481 e. The van der Waals surface area contributed by atoms with E-state index in [1.807, 2.05) is 31.1 Å². The number of nitrogens with zero attached hydrogens (tertiary/aromatic N) is 1. The van der Waals surface area contributed by atoms with Crippen molar-refractivity contribution in [2.75, 3.05) is 24.3 Å². The lowest BCUT2D eigenvalue weighted by Gasteiger charge is -2.21. The first-order valence-corrected chi connectivity index (χ1v) is 7.12. The molecule has 6 nitrogen and oxygen atoms in total. The zero-order valence-corrected chi connectivity index (χ0v) is 12.4. The van der Waals surface area contributed by atoms with Crippen molar-refractivity contribution in [3.63, 3.8) is 0 Å². The lowest BCUT2D eigenvalue weighted by atomic mass is 9.82. The van der Waals surface area contributed by atoms with Crippen molar-refractivity contribution in [2.45, 2.75) is 12.2 Å². The van der Waals surface area contributed by atoms with Gasteiger partial charge in [0.1, 0.15) is 5.92 Å². The van der Waals surface area contributed by atoms with E-state index in [1.54, 1.807) is 24.3 Å². The summed E-state index contributed by atoms with van der Waals surface area (Å²) in [4.78, 5) is 25.8. The highest BCUT2D eigenvalue weighted by molar-refractivity contribution is 5.96. The highest BCUT2D eigenvalue weighted by atomic mass is 16.5. The molecule has 6 heteroatoms. The number of benzene rings is 1. The molecule has 0 spiro atoms. The molecule has 0 saturated carbocycles. The number of rotatable bonds is 4. The van der Waals surface area contributed by atoms with Crippen LogP contribution in [0.1, 0.15) is 0 Å². The number of anilines is 2. The van der Waals surface area contributed by atoms with Gasteiger partial charge in [-0.15, -0.1) is 0 Å². The van der Waals surface area contributed by atoms with E-state index in [-0.39, 0.29) is 5.91 Å². The molecule has 0 radical (unpaired) electrons. The van der Waals surface area contributed by atoms with Gasteiger partial charge in [-0.3, -0.25) is 9.59 Å².